The number of hydrogen-bond acceptors (Lipinski definition) is 7. The summed E-state index contributed by atoms with van der Waals surface area (Å²) in [5.41, 5.74) is 14.7. The van der Waals surface area contributed by atoms with E-state index >= 15 is 0 Å². The van der Waals surface area contributed by atoms with Gasteiger partial charge in [0.05, 0.1) is 16.6 Å². The van der Waals surface area contributed by atoms with E-state index in [0.717, 1.165) is 52.0 Å². The second-order valence-corrected chi connectivity index (χ2v) is 8.35. The lowest BCUT2D eigenvalue weighted by molar-refractivity contribution is 0.400. The molecule has 2 atom stereocenters. The van der Waals surface area contributed by atoms with Crippen LogP contribution < -0.4 is 16.8 Å². The number of nitrogens with one attached hydrogen (secondary N) is 2. The largest absolute Gasteiger partial charge is 0.382 e. The van der Waals surface area contributed by atoms with E-state index in [0.29, 0.717) is 12.4 Å². The van der Waals surface area contributed by atoms with Gasteiger partial charge in [0, 0.05) is 31.4 Å². The van der Waals surface area contributed by atoms with E-state index in [-0.39, 0.29) is 12.1 Å². The molecule has 1 aromatic carbocycles. The minimum Gasteiger partial charge on any atom is -0.382 e. The van der Waals surface area contributed by atoms with Gasteiger partial charge in [-0.25, -0.2) is 9.98 Å². The molecule has 0 spiro atoms. The van der Waals surface area contributed by atoms with Crippen molar-refractivity contribution in [2.75, 3.05) is 19.6 Å². The molecule has 1 aromatic heterocycles. The first-order valence-corrected chi connectivity index (χ1v) is 11.0. The Morgan fingerprint density at radius 3 is 2.87 bits per heavy atom. The minimum absolute atomic E-state index is 0.0292. The van der Waals surface area contributed by atoms with E-state index in [1.54, 1.807) is 0 Å². The summed E-state index contributed by atoms with van der Waals surface area (Å²) in [6, 6.07) is 9.93. The van der Waals surface area contributed by atoms with Crippen molar-refractivity contribution in [3.8, 4) is 11.3 Å². The average Bonchev–Trinajstić information content (AvgIpc) is 3.35. The number of benzene rings is 1. The van der Waals surface area contributed by atoms with Crippen LogP contribution in [0.5, 0.6) is 0 Å². The lowest BCUT2D eigenvalue weighted by Crippen LogP contribution is -2.31. The van der Waals surface area contributed by atoms with E-state index in [9.17, 15) is 0 Å². The van der Waals surface area contributed by atoms with Gasteiger partial charge < -0.3 is 21.7 Å². The Balaban J connectivity index is 1.71. The van der Waals surface area contributed by atoms with Crippen molar-refractivity contribution in [2.24, 2.45) is 21.5 Å². The zero-order valence-corrected chi connectivity index (χ0v) is 18.1. The molecule has 0 fully saturated rings. The highest BCUT2D eigenvalue weighted by atomic mass is 32.1. The summed E-state index contributed by atoms with van der Waals surface area (Å²) >= 11 is 1.51. The number of thiazole rings is 1. The van der Waals surface area contributed by atoms with Crippen LogP contribution in [-0.2, 0) is 0 Å². The van der Waals surface area contributed by atoms with E-state index in [1.807, 2.05) is 36.4 Å². The van der Waals surface area contributed by atoms with E-state index < -0.39 is 0 Å². The standard InChI is InChI=1S/C22H26N8S/c1-14-19(30-12-15(11-26-10-9-23)7-8-17(30)28-14)22-29-18(16-5-3-2-4-6-16)20(31-22)21(25)27-13-24/h2-8,12-14,19,26H,9-11,23H2,1H3,(H3,24,25,27). The number of fused-ring (bicyclic) bond motifs is 1. The van der Waals surface area contributed by atoms with Crippen LogP contribution in [0, 0.1) is 5.41 Å². The van der Waals surface area contributed by atoms with Crippen LogP contribution in [0.1, 0.15) is 22.9 Å². The van der Waals surface area contributed by atoms with Crippen molar-refractivity contribution in [3.05, 3.63) is 64.1 Å². The average molecular weight is 435 g/mol. The predicted molar refractivity (Wildman–Crippen MR) is 128 cm³/mol. The molecular weight excluding hydrogens is 408 g/mol. The Labute approximate surface area is 185 Å². The number of rotatable bonds is 8. The predicted octanol–water partition coefficient (Wildman–Crippen LogP) is 2.27. The van der Waals surface area contributed by atoms with Crippen LogP contribution in [0.15, 0.2) is 64.2 Å². The molecule has 0 saturated carbocycles. The van der Waals surface area contributed by atoms with Crippen molar-refractivity contribution >= 4 is 29.3 Å². The quantitative estimate of drug-likeness (QED) is 0.288. The SMILES string of the molecule is CC1N=C2C=CC(CNCCN)=CN2C1c1nc(-c2ccccc2)c(C(N)=NC=N)s1. The summed E-state index contributed by atoms with van der Waals surface area (Å²) < 4.78 is 0. The first-order valence-electron chi connectivity index (χ1n) is 10.2. The zero-order valence-electron chi connectivity index (χ0n) is 17.3. The molecule has 2 aliphatic heterocycles. The van der Waals surface area contributed by atoms with Crippen LogP contribution in [0.2, 0.25) is 0 Å². The zero-order chi connectivity index (χ0) is 21.8. The molecule has 2 aromatic rings. The molecular formula is C22H26N8S. The second-order valence-electron chi connectivity index (χ2n) is 7.32. The molecule has 0 aliphatic carbocycles. The molecule has 2 aliphatic rings. The summed E-state index contributed by atoms with van der Waals surface area (Å²) in [7, 11) is 0. The molecule has 31 heavy (non-hydrogen) atoms. The van der Waals surface area contributed by atoms with Crippen LogP contribution in [0.4, 0.5) is 0 Å². The second kappa shape index (κ2) is 9.34. The van der Waals surface area contributed by atoms with Gasteiger partial charge in [-0.05, 0) is 18.6 Å². The maximum atomic E-state index is 7.31. The van der Waals surface area contributed by atoms with Gasteiger partial charge in [-0.1, -0.05) is 36.4 Å². The number of aliphatic imine (C=N–C) groups is 2. The summed E-state index contributed by atoms with van der Waals surface area (Å²) in [6.45, 7) is 4.22. The highest BCUT2D eigenvalue weighted by molar-refractivity contribution is 7.14. The third-order valence-electron chi connectivity index (χ3n) is 5.14. The van der Waals surface area contributed by atoms with Crippen LogP contribution in [0.3, 0.4) is 0 Å². The van der Waals surface area contributed by atoms with Crippen LogP contribution in [-0.4, -0.2) is 53.6 Å². The van der Waals surface area contributed by atoms with Crippen molar-refractivity contribution in [2.45, 2.75) is 19.0 Å². The summed E-state index contributed by atoms with van der Waals surface area (Å²) in [5.74, 6) is 1.23. The minimum atomic E-state index is -0.0292. The molecule has 0 radical (unpaired) electrons. The fourth-order valence-electron chi connectivity index (χ4n) is 3.72. The van der Waals surface area contributed by atoms with Gasteiger partial charge in [0.1, 0.15) is 29.1 Å². The van der Waals surface area contributed by atoms with Crippen molar-refractivity contribution in [1.29, 1.82) is 5.41 Å². The monoisotopic (exact) mass is 434 g/mol. The summed E-state index contributed by atoms with van der Waals surface area (Å²) in [6.07, 6.45) is 7.23. The maximum absolute atomic E-state index is 7.31. The summed E-state index contributed by atoms with van der Waals surface area (Å²) in [4.78, 5) is 16.8. The topological polar surface area (TPSA) is 129 Å². The van der Waals surface area contributed by atoms with Crippen LogP contribution in [0.25, 0.3) is 11.3 Å². The number of aromatic nitrogens is 1. The first kappa shape index (κ1) is 21.1. The fourth-order valence-corrected chi connectivity index (χ4v) is 4.92. The molecule has 4 rings (SSSR count). The normalized spacial score (nSPS) is 20.5. The molecule has 6 N–H and O–H groups in total. The Morgan fingerprint density at radius 2 is 2.13 bits per heavy atom. The molecule has 2 unspecified atom stereocenters. The van der Waals surface area contributed by atoms with Crippen LogP contribution >= 0.6 is 11.3 Å². The van der Waals surface area contributed by atoms with Gasteiger partial charge in [-0.15, -0.1) is 11.3 Å². The summed E-state index contributed by atoms with van der Waals surface area (Å²) in [5, 5.41) is 11.6. The number of hydrogen-bond donors (Lipinski definition) is 4. The van der Waals surface area contributed by atoms with E-state index in [1.165, 1.54) is 11.3 Å². The molecule has 0 saturated heterocycles. The third-order valence-corrected chi connectivity index (χ3v) is 6.29. The molecule has 0 bridgehead atoms. The van der Waals surface area contributed by atoms with E-state index in [2.05, 4.69) is 34.4 Å². The van der Waals surface area contributed by atoms with Gasteiger partial charge >= 0.3 is 0 Å². The highest BCUT2D eigenvalue weighted by Crippen LogP contribution is 2.39. The number of amidine groups is 2. The Morgan fingerprint density at radius 1 is 1.32 bits per heavy atom. The third kappa shape index (κ3) is 4.34. The Bertz CT molecular complexity index is 1070. The molecule has 160 valence electrons. The van der Waals surface area contributed by atoms with Gasteiger partial charge in [0.25, 0.3) is 0 Å². The van der Waals surface area contributed by atoms with Crippen molar-refractivity contribution in [1.82, 2.24) is 15.2 Å². The van der Waals surface area contributed by atoms with Gasteiger partial charge in [0.2, 0.25) is 0 Å². The van der Waals surface area contributed by atoms with E-state index in [4.69, 9.17) is 26.9 Å². The molecule has 0 amide bonds. The fraction of sp³-hybridized carbons (Fsp3) is 0.273. The molecule has 8 nitrogen and oxygen atoms in total. The van der Waals surface area contributed by atoms with Crippen molar-refractivity contribution < 1.29 is 0 Å². The van der Waals surface area contributed by atoms with Crippen molar-refractivity contribution in [3.63, 3.8) is 0 Å². The first-order chi connectivity index (χ1) is 15.1. The Kier molecular flexibility index (Phi) is 6.36. The van der Waals surface area contributed by atoms with Gasteiger partial charge in [-0.3, -0.25) is 10.4 Å². The van der Waals surface area contributed by atoms with Gasteiger partial charge in [-0.2, -0.15) is 0 Å². The smallest absolute Gasteiger partial charge is 0.144 e. The Hall–Kier alpha value is -3.14. The lowest BCUT2D eigenvalue weighted by Gasteiger charge is -2.27. The lowest BCUT2D eigenvalue weighted by atomic mass is 10.1. The molecule has 9 heteroatoms. The van der Waals surface area contributed by atoms with Gasteiger partial charge in [0.15, 0.2) is 0 Å². The highest BCUT2D eigenvalue weighted by Gasteiger charge is 2.37. The molecule has 3 heterocycles. The number of nitrogens with zero attached hydrogens (tertiary/aromatic N) is 4. The number of nitrogens with two attached hydrogens (primary N) is 2. The maximum Gasteiger partial charge on any atom is 0.144 e.